The van der Waals surface area contributed by atoms with Crippen molar-refractivity contribution < 1.29 is 4.79 Å². The molecule has 0 heterocycles. The number of nitrogens with zero attached hydrogens (tertiary/aromatic N) is 1. The zero-order valence-electron chi connectivity index (χ0n) is 11.8. The van der Waals surface area contributed by atoms with Crippen LogP contribution in [0.2, 0.25) is 0 Å². The Labute approximate surface area is 120 Å². The summed E-state index contributed by atoms with van der Waals surface area (Å²) in [4.78, 5) is 13.8. The molecule has 1 unspecified atom stereocenters. The lowest BCUT2D eigenvalue weighted by atomic mass is 10.0. The van der Waals surface area contributed by atoms with Gasteiger partial charge in [0, 0.05) is 17.8 Å². The predicted octanol–water partition coefficient (Wildman–Crippen LogP) is 1.99. The number of hydrogen-bond donors (Lipinski definition) is 2. The number of rotatable bonds is 4. The van der Waals surface area contributed by atoms with Crippen LogP contribution in [-0.4, -0.2) is 23.4 Å². The van der Waals surface area contributed by atoms with Gasteiger partial charge >= 0.3 is 0 Å². The van der Waals surface area contributed by atoms with E-state index in [4.69, 9.17) is 11.5 Å². The molecule has 0 radical (unpaired) electrons. The van der Waals surface area contributed by atoms with E-state index in [1.807, 2.05) is 6.07 Å². The van der Waals surface area contributed by atoms with Crippen LogP contribution in [0.1, 0.15) is 49.3 Å². The Morgan fingerprint density at radius 1 is 1.25 bits per heavy atom. The predicted molar refractivity (Wildman–Crippen MR) is 80.1 cm³/mol. The first kappa shape index (κ1) is 13.4. The van der Waals surface area contributed by atoms with Crippen LogP contribution in [0.4, 0.5) is 5.69 Å². The molecular weight excluding hydrogens is 250 g/mol. The molecule has 1 aromatic carbocycles. The smallest absolute Gasteiger partial charge is 0.231 e. The number of aryl methyl sites for hydroxylation is 1. The van der Waals surface area contributed by atoms with E-state index in [0.29, 0.717) is 18.6 Å². The van der Waals surface area contributed by atoms with Crippen LogP contribution in [-0.2, 0) is 11.2 Å². The lowest BCUT2D eigenvalue weighted by molar-refractivity contribution is -0.120. The number of benzene rings is 1. The summed E-state index contributed by atoms with van der Waals surface area (Å²) in [6.45, 7) is 0.374. The maximum atomic E-state index is 11.4. The summed E-state index contributed by atoms with van der Waals surface area (Å²) in [6, 6.07) is 7.02. The number of hydrogen-bond acceptors (Lipinski definition) is 3. The van der Waals surface area contributed by atoms with Gasteiger partial charge in [0.2, 0.25) is 5.91 Å². The van der Waals surface area contributed by atoms with Crippen LogP contribution in [0, 0.1) is 0 Å². The Morgan fingerprint density at radius 2 is 2.00 bits per heavy atom. The van der Waals surface area contributed by atoms with Gasteiger partial charge in [-0.15, -0.1) is 0 Å². The molecule has 3 rings (SSSR count). The van der Waals surface area contributed by atoms with Crippen LogP contribution < -0.4 is 11.5 Å². The fourth-order valence-corrected chi connectivity index (χ4v) is 3.87. The Bertz CT molecular complexity index is 508. The highest BCUT2D eigenvalue weighted by Gasteiger charge is 2.34. The third-order valence-electron chi connectivity index (χ3n) is 4.75. The van der Waals surface area contributed by atoms with E-state index in [1.165, 1.54) is 36.8 Å². The largest absolute Gasteiger partial charge is 0.399 e. The van der Waals surface area contributed by atoms with Gasteiger partial charge in [0.15, 0.2) is 0 Å². The molecule has 20 heavy (non-hydrogen) atoms. The molecular formula is C16H23N3O. The van der Waals surface area contributed by atoms with Crippen LogP contribution >= 0.6 is 0 Å². The van der Waals surface area contributed by atoms with Gasteiger partial charge in [-0.2, -0.15) is 0 Å². The standard InChI is InChI=1S/C16H23N3O/c17-12-6-7-14-11(9-12)5-8-15(14)19(10-16(18)20)13-3-1-2-4-13/h6-7,9,13,15H,1-5,8,10,17H2,(H2,18,20). The molecule has 1 atom stereocenters. The first-order valence-electron chi connectivity index (χ1n) is 7.57. The minimum atomic E-state index is -0.221. The summed E-state index contributed by atoms with van der Waals surface area (Å²) in [5.74, 6) is -0.221. The number of primary amides is 1. The molecule has 2 aliphatic rings. The summed E-state index contributed by atoms with van der Waals surface area (Å²) in [7, 11) is 0. The van der Waals surface area contributed by atoms with E-state index in [-0.39, 0.29) is 5.91 Å². The van der Waals surface area contributed by atoms with Gasteiger partial charge in [0.1, 0.15) is 0 Å². The van der Waals surface area contributed by atoms with E-state index in [2.05, 4.69) is 17.0 Å². The summed E-state index contributed by atoms with van der Waals surface area (Å²) in [5.41, 5.74) is 14.8. The number of nitrogens with two attached hydrogens (primary N) is 2. The second-order valence-corrected chi connectivity index (χ2v) is 6.09. The van der Waals surface area contributed by atoms with Crippen molar-refractivity contribution in [1.82, 2.24) is 4.90 Å². The minimum Gasteiger partial charge on any atom is -0.399 e. The van der Waals surface area contributed by atoms with Crippen molar-refractivity contribution in [1.29, 1.82) is 0 Å². The van der Waals surface area contributed by atoms with Gasteiger partial charge in [0.25, 0.3) is 0 Å². The molecule has 1 fully saturated rings. The Balaban J connectivity index is 1.87. The number of carbonyl (C=O) groups is 1. The molecule has 1 saturated carbocycles. The second-order valence-electron chi connectivity index (χ2n) is 6.09. The average molecular weight is 273 g/mol. The quantitative estimate of drug-likeness (QED) is 0.824. The zero-order valence-corrected chi connectivity index (χ0v) is 11.8. The third-order valence-corrected chi connectivity index (χ3v) is 4.75. The van der Waals surface area contributed by atoms with Crippen LogP contribution in [0.5, 0.6) is 0 Å². The molecule has 0 aliphatic heterocycles. The molecule has 0 bridgehead atoms. The van der Waals surface area contributed by atoms with Crippen molar-refractivity contribution in [3.05, 3.63) is 29.3 Å². The van der Waals surface area contributed by atoms with E-state index < -0.39 is 0 Å². The minimum absolute atomic E-state index is 0.221. The SMILES string of the molecule is NC(=O)CN(C1CCCC1)C1CCc2cc(N)ccc21. The van der Waals surface area contributed by atoms with Crippen molar-refractivity contribution in [2.75, 3.05) is 12.3 Å². The molecule has 0 saturated heterocycles. The highest BCUT2D eigenvalue weighted by molar-refractivity contribution is 5.76. The Kier molecular flexibility index (Phi) is 3.66. The molecule has 1 amide bonds. The summed E-state index contributed by atoms with van der Waals surface area (Å²) in [6.07, 6.45) is 7.03. The van der Waals surface area contributed by atoms with Crippen LogP contribution in [0.15, 0.2) is 18.2 Å². The first-order chi connectivity index (χ1) is 9.65. The van der Waals surface area contributed by atoms with Gasteiger partial charge < -0.3 is 11.5 Å². The Morgan fingerprint density at radius 3 is 2.70 bits per heavy atom. The molecule has 2 aliphatic carbocycles. The molecule has 4 nitrogen and oxygen atoms in total. The van der Waals surface area contributed by atoms with Gasteiger partial charge in [-0.05, 0) is 48.9 Å². The molecule has 4 N–H and O–H groups in total. The molecule has 0 spiro atoms. The topological polar surface area (TPSA) is 72.4 Å². The van der Waals surface area contributed by atoms with E-state index in [1.54, 1.807) is 0 Å². The summed E-state index contributed by atoms with van der Waals surface area (Å²) in [5, 5.41) is 0. The molecule has 1 aromatic rings. The van der Waals surface area contributed by atoms with E-state index in [9.17, 15) is 4.79 Å². The van der Waals surface area contributed by atoms with Crippen molar-refractivity contribution in [2.45, 2.75) is 50.6 Å². The second kappa shape index (κ2) is 5.44. The van der Waals surface area contributed by atoms with Crippen LogP contribution in [0.3, 0.4) is 0 Å². The van der Waals surface area contributed by atoms with Crippen molar-refractivity contribution in [2.24, 2.45) is 5.73 Å². The normalized spacial score (nSPS) is 22.4. The molecule has 4 heteroatoms. The highest BCUT2D eigenvalue weighted by Crippen LogP contribution is 2.40. The summed E-state index contributed by atoms with van der Waals surface area (Å²) < 4.78 is 0. The van der Waals surface area contributed by atoms with E-state index >= 15 is 0 Å². The van der Waals surface area contributed by atoms with Crippen molar-refractivity contribution in [3.63, 3.8) is 0 Å². The highest BCUT2D eigenvalue weighted by atomic mass is 16.1. The number of anilines is 1. The lowest BCUT2D eigenvalue weighted by Gasteiger charge is -2.34. The summed E-state index contributed by atoms with van der Waals surface area (Å²) >= 11 is 0. The van der Waals surface area contributed by atoms with Gasteiger partial charge in [-0.3, -0.25) is 9.69 Å². The number of carbonyl (C=O) groups excluding carboxylic acids is 1. The zero-order chi connectivity index (χ0) is 14.1. The number of nitrogen functional groups attached to an aromatic ring is 1. The first-order valence-corrected chi connectivity index (χ1v) is 7.57. The Hall–Kier alpha value is -1.55. The van der Waals surface area contributed by atoms with Crippen molar-refractivity contribution in [3.8, 4) is 0 Å². The average Bonchev–Trinajstić information content (AvgIpc) is 3.04. The maximum absolute atomic E-state index is 11.4. The fraction of sp³-hybridized carbons (Fsp3) is 0.562. The van der Waals surface area contributed by atoms with Gasteiger partial charge in [-0.1, -0.05) is 18.9 Å². The number of amides is 1. The van der Waals surface area contributed by atoms with Crippen molar-refractivity contribution >= 4 is 11.6 Å². The van der Waals surface area contributed by atoms with E-state index in [0.717, 1.165) is 18.5 Å². The molecule has 0 aromatic heterocycles. The fourth-order valence-electron chi connectivity index (χ4n) is 3.87. The monoisotopic (exact) mass is 273 g/mol. The molecule has 108 valence electrons. The lowest BCUT2D eigenvalue weighted by Crippen LogP contribution is -2.41. The number of fused-ring (bicyclic) bond motifs is 1. The van der Waals surface area contributed by atoms with Gasteiger partial charge in [-0.25, -0.2) is 0 Å². The third kappa shape index (κ3) is 2.52. The van der Waals surface area contributed by atoms with Gasteiger partial charge in [0.05, 0.1) is 6.54 Å². The van der Waals surface area contributed by atoms with Crippen LogP contribution in [0.25, 0.3) is 0 Å². The maximum Gasteiger partial charge on any atom is 0.231 e.